The molecule has 0 heterocycles. The Labute approximate surface area is 103 Å². The van der Waals surface area contributed by atoms with Gasteiger partial charge in [0.15, 0.2) is 0 Å². The average molecular weight is 283 g/mol. The molecule has 0 saturated heterocycles. The van der Waals surface area contributed by atoms with Gasteiger partial charge in [-0.15, -0.1) is 0 Å². The topological polar surface area (TPSA) is 35.8 Å². The Bertz CT molecular complexity index is 428. The van der Waals surface area contributed by atoms with E-state index in [2.05, 4.69) is 27.3 Å². The molecule has 0 bridgehead atoms. The van der Waals surface area contributed by atoms with E-state index in [1.165, 1.54) is 6.07 Å². The third-order valence-corrected chi connectivity index (χ3v) is 3.44. The summed E-state index contributed by atoms with van der Waals surface area (Å²) in [5, 5.41) is 12.1. The minimum Gasteiger partial charge on any atom is -0.379 e. The summed E-state index contributed by atoms with van der Waals surface area (Å²) in [5.74, 6) is -0.273. The highest BCUT2D eigenvalue weighted by atomic mass is 79.9. The second-order valence-electron chi connectivity index (χ2n) is 4.04. The van der Waals surface area contributed by atoms with Gasteiger partial charge in [0.1, 0.15) is 5.82 Å². The van der Waals surface area contributed by atoms with Crippen LogP contribution in [0.2, 0.25) is 0 Å². The van der Waals surface area contributed by atoms with Crippen LogP contribution < -0.4 is 5.32 Å². The monoisotopic (exact) mass is 282 g/mol. The van der Waals surface area contributed by atoms with Crippen LogP contribution in [-0.2, 0) is 0 Å². The van der Waals surface area contributed by atoms with E-state index in [0.29, 0.717) is 5.69 Å². The van der Waals surface area contributed by atoms with E-state index in [0.717, 1.165) is 23.7 Å². The quantitative estimate of drug-likeness (QED) is 0.898. The average Bonchev–Trinajstić information content (AvgIpc) is 2.71. The number of nitrogens with zero attached hydrogens (tertiary/aromatic N) is 1. The SMILES string of the molecule is N#CC1CCCC1Nc1cc(Br)ccc1F. The van der Waals surface area contributed by atoms with Gasteiger partial charge in [0, 0.05) is 10.5 Å². The third-order valence-electron chi connectivity index (χ3n) is 2.95. The fourth-order valence-corrected chi connectivity index (χ4v) is 2.46. The van der Waals surface area contributed by atoms with Gasteiger partial charge < -0.3 is 5.32 Å². The summed E-state index contributed by atoms with van der Waals surface area (Å²) >= 11 is 3.31. The van der Waals surface area contributed by atoms with Gasteiger partial charge in [0.2, 0.25) is 0 Å². The Morgan fingerprint density at radius 1 is 1.44 bits per heavy atom. The smallest absolute Gasteiger partial charge is 0.146 e. The molecule has 0 radical (unpaired) electrons. The molecule has 4 heteroatoms. The van der Waals surface area contributed by atoms with E-state index in [1.54, 1.807) is 12.1 Å². The molecule has 16 heavy (non-hydrogen) atoms. The molecule has 0 spiro atoms. The second kappa shape index (κ2) is 4.84. The Balaban J connectivity index is 2.14. The minimum atomic E-state index is -0.271. The molecule has 2 unspecified atom stereocenters. The van der Waals surface area contributed by atoms with Crippen LogP contribution in [-0.4, -0.2) is 6.04 Å². The highest BCUT2D eigenvalue weighted by molar-refractivity contribution is 9.10. The highest BCUT2D eigenvalue weighted by Gasteiger charge is 2.27. The van der Waals surface area contributed by atoms with Crippen LogP contribution in [0, 0.1) is 23.1 Å². The molecule has 2 rings (SSSR count). The lowest BCUT2D eigenvalue weighted by Crippen LogP contribution is -2.23. The molecule has 2 atom stereocenters. The van der Waals surface area contributed by atoms with Gasteiger partial charge in [-0.25, -0.2) is 4.39 Å². The van der Waals surface area contributed by atoms with Crippen molar-refractivity contribution in [2.24, 2.45) is 5.92 Å². The van der Waals surface area contributed by atoms with Crippen molar-refractivity contribution < 1.29 is 4.39 Å². The van der Waals surface area contributed by atoms with E-state index >= 15 is 0 Å². The van der Waals surface area contributed by atoms with Crippen molar-refractivity contribution in [3.05, 3.63) is 28.5 Å². The summed E-state index contributed by atoms with van der Waals surface area (Å²) in [6, 6.07) is 7.14. The van der Waals surface area contributed by atoms with Crippen LogP contribution in [0.4, 0.5) is 10.1 Å². The number of nitriles is 1. The molecule has 0 amide bonds. The molecule has 1 aliphatic rings. The van der Waals surface area contributed by atoms with Crippen molar-refractivity contribution >= 4 is 21.6 Å². The number of nitrogens with one attached hydrogen (secondary N) is 1. The first-order valence-corrected chi connectivity index (χ1v) is 6.11. The van der Waals surface area contributed by atoms with E-state index < -0.39 is 0 Å². The highest BCUT2D eigenvalue weighted by Crippen LogP contribution is 2.29. The Hall–Kier alpha value is -1.08. The van der Waals surface area contributed by atoms with E-state index in [9.17, 15) is 4.39 Å². The fraction of sp³-hybridized carbons (Fsp3) is 0.417. The van der Waals surface area contributed by atoms with Gasteiger partial charge in [-0.1, -0.05) is 15.9 Å². The van der Waals surface area contributed by atoms with Crippen LogP contribution in [0.3, 0.4) is 0 Å². The number of benzene rings is 1. The van der Waals surface area contributed by atoms with E-state index in [4.69, 9.17) is 5.26 Å². The zero-order chi connectivity index (χ0) is 11.5. The Kier molecular flexibility index (Phi) is 3.45. The number of anilines is 1. The van der Waals surface area contributed by atoms with Gasteiger partial charge in [-0.3, -0.25) is 0 Å². The van der Waals surface area contributed by atoms with E-state index in [1.807, 2.05) is 0 Å². The van der Waals surface area contributed by atoms with Crippen LogP contribution in [0.1, 0.15) is 19.3 Å². The van der Waals surface area contributed by atoms with Crippen LogP contribution in [0.15, 0.2) is 22.7 Å². The van der Waals surface area contributed by atoms with Crippen molar-refractivity contribution in [2.75, 3.05) is 5.32 Å². The number of halogens is 2. The summed E-state index contributed by atoms with van der Waals surface area (Å²) in [7, 11) is 0. The zero-order valence-corrected chi connectivity index (χ0v) is 10.3. The molecule has 1 fully saturated rings. The summed E-state index contributed by atoms with van der Waals surface area (Å²) in [6.45, 7) is 0. The standard InChI is InChI=1S/C12H12BrFN2/c13-9-4-5-10(14)12(6-9)16-11-3-1-2-8(11)7-15/h4-6,8,11,16H,1-3H2. The van der Waals surface area contributed by atoms with Gasteiger partial charge in [0.25, 0.3) is 0 Å². The first-order chi connectivity index (χ1) is 7.70. The fourth-order valence-electron chi connectivity index (χ4n) is 2.10. The molecule has 2 nitrogen and oxygen atoms in total. The Morgan fingerprint density at radius 2 is 2.25 bits per heavy atom. The number of hydrogen-bond donors (Lipinski definition) is 1. The minimum absolute atomic E-state index is 0.00150. The summed E-state index contributed by atoms with van der Waals surface area (Å²) in [4.78, 5) is 0. The molecule has 1 aliphatic carbocycles. The van der Waals surface area contributed by atoms with Gasteiger partial charge in [-0.2, -0.15) is 5.26 Å². The van der Waals surface area contributed by atoms with Crippen LogP contribution in [0.25, 0.3) is 0 Å². The lowest BCUT2D eigenvalue weighted by Gasteiger charge is -2.17. The molecular formula is C12H12BrFN2. The molecule has 1 aromatic carbocycles. The Morgan fingerprint density at radius 3 is 3.00 bits per heavy atom. The van der Waals surface area contributed by atoms with E-state index in [-0.39, 0.29) is 17.8 Å². The van der Waals surface area contributed by atoms with Crippen molar-refractivity contribution in [1.82, 2.24) is 0 Å². The maximum absolute atomic E-state index is 13.5. The maximum atomic E-state index is 13.5. The number of rotatable bonds is 2. The second-order valence-corrected chi connectivity index (χ2v) is 4.96. The largest absolute Gasteiger partial charge is 0.379 e. The molecule has 84 valence electrons. The normalized spacial score (nSPS) is 24.1. The van der Waals surface area contributed by atoms with Gasteiger partial charge in [-0.05, 0) is 37.5 Å². The van der Waals surface area contributed by atoms with Gasteiger partial charge >= 0.3 is 0 Å². The molecule has 1 N–H and O–H groups in total. The summed E-state index contributed by atoms with van der Waals surface area (Å²) in [5.41, 5.74) is 0.474. The third kappa shape index (κ3) is 2.35. The van der Waals surface area contributed by atoms with Crippen molar-refractivity contribution in [1.29, 1.82) is 5.26 Å². The lowest BCUT2D eigenvalue weighted by atomic mass is 10.1. The molecular weight excluding hydrogens is 271 g/mol. The van der Waals surface area contributed by atoms with Crippen LogP contribution >= 0.6 is 15.9 Å². The maximum Gasteiger partial charge on any atom is 0.146 e. The summed E-state index contributed by atoms with van der Waals surface area (Å²) < 4.78 is 14.3. The van der Waals surface area contributed by atoms with Crippen LogP contribution in [0.5, 0.6) is 0 Å². The first kappa shape index (κ1) is 11.4. The van der Waals surface area contributed by atoms with Gasteiger partial charge in [0.05, 0.1) is 17.7 Å². The molecule has 1 aromatic rings. The predicted molar refractivity (Wildman–Crippen MR) is 64.5 cm³/mol. The lowest BCUT2D eigenvalue weighted by molar-refractivity contribution is 0.602. The molecule has 0 aliphatic heterocycles. The first-order valence-electron chi connectivity index (χ1n) is 5.32. The molecule has 0 aromatic heterocycles. The predicted octanol–water partition coefficient (Wildman–Crippen LogP) is 3.69. The number of hydrogen-bond acceptors (Lipinski definition) is 2. The summed E-state index contributed by atoms with van der Waals surface area (Å²) in [6.07, 6.45) is 2.87. The van der Waals surface area contributed by atoms with Crippen molar-refractivity contribution in [3.63, 3.8) is 0 Å². The molecule has 1 saturated carbocycles. The van der Waals surface area contributed by atoms with Crippen molar-refractivity contribution in [3.8, 4) is 6.07 Å². The van der Waals surface area contributed by atoms with Crippen molar-refractivity contribution in [2.45, 2.75) is 25.3 Å². The zero-order valence-electron chi connectivity index (χ0n) is 8.71.